The molecule has 1 aromatic heterocycles. The van der Waals surface area contributed by atoms with Gasteiger partial charge >= 0.3 is 0 Å². The zero-order valence-electron chi connectivity index (χ0n) is 26.3. The van der Waals surface area contributed by atoms with Crippen LogP contribution in [0.25, 0.3) is 0 Å². The highest BCUT2D eigenvalue weighted by Gasteiger charge is 2.29. The summed E-state index contributed by atoms with van der Waals surface area (Å²) in [5.41, 5.74) is 4.34. The van der Waals surface area contributed by atoms with Crippen LogP contribution in [0, 0.1) is 13.8 Å². The number of nitrogens with zero attached hydrogens (tertiary/aromatic N) is 2. The summed E-state index contributed by atoms with van der Waals surface area (Å²) in [7, 11) is 3.87. The van der Waals surface area contributed by atoms with Crippen molar-refractivity contribution < 1.29 is 14.3 Å². The second-order valence-corrected chi connectivity index (χ2v) is 12.4. The van der Waals surface area contributed by atoms with Crippen LogP contribution >= 0.6 is 23.2 Å². The Morgan fingerprint density at radius 1 is 1.05 bits per heavy atom. The van der Waals surface area contributed by atoms with Crippen LogP contribution in [0.4, 0.5) is 5.69 Å². The first-order valence-electron chi connectivity index (χ1n) is 15.2. The van der Waals surface area contributed by atoms with Crippen LogP contribution in [-0.4, -0.2) is 61.8 Å². The van der Waals surface area contributed by atoms with Gasteiger partial charge in [0.25, 0.3) is 5.91 Å². The Labute approximate surface area is 270 Å². The van der Waals surface area contributed by atoms with Crippen LogP contribution in [0.3, 0.4) is 0 Å². The van der Waals surface area contributed by atoms with Crippen molar-refractivity contribution in [1.29, 1.82) is 0 Å². The van der Waals surface area contributed by atoms with E-state index in [0.29, 0.717) is 47.1 Å². The summed E-state index contributed by atoms with van der Waals surface area (Å²) in [6, 6.07) is 14.2. The lowest BCUT2D eigenvalue weighted by molar-refractivity contribution is 0.0950. The minimum Gasteiger partial charge on any atom is -0.491 e. The van der Waals surface area contributed by atoms with E-state index in [1.165, 1.54) is 11.6 Å². The van der Waals surface area contributed by atoms with Crippen LogP contribution in [-0.2, 0) is 17.8 Å². The number of ether oxygens (including phenoxy) is 2. The number of rotatable bonds is 13. The highest BCUT2D eigenvalue weighted by molar-refractivity contribution is 6.31. The largest absolute Gasteiger partial charge is 0.491 e. The summed E-state index contributed by atoms with van der Waals surface area (Å²) in [6.45, 7) is 8.66. The third-order valence-corrected chi connectivity index (χ3v) is 9.04. The molecule has 3 aromatic rings. The van der Waals surface area contributed by atoms with Gasteiger partial charge in [0, 0.05) is 66.9 Å². The summed E-state index contributed by atoms with van der Waals surface area (Å²) >= 11 is 12.8. The molecule has 2 aromatic carbocycles. The van der Waals surface area contributed by atoms with Gasteiger partial charge < -0.3 is 24.7 Å². The molecule has 10 heteroatoms. The fourth-order valence-electron chi connectivity index (χ4n) is 6.13. The van der Waals surface area contributed by atoms with Crippen molar-refractivity contribution in [3.05, 3.63) is 90.8 Å². The first kappa shape index (κ1) is 33.8. The first-order chi connectivity index (χ1) is 21.1. The molecular weight excluding hydrogens is 599 g/mol. The van der Waals surface area contributed by atoms with Crippen molar-refractivity contribution in [2.24, 2.45) is 0 Å². The number of H-pyrrole nitrogens is 1. The number of hydrogen-bond acceptors (Lipinski definition) is 6. The van der Waals surface area contributed by atoms with E-state index in [2.05, 4.69) is 46.2 Å². The van der Waals surface area contributed by atoms with Crippen molar-refractivity contribution in [1.82, 2.24) is 15.2 Å². The number of hydrogen-bond donors (Lipinski definition) is 2. The predicted octanol–water partition coefficient (Wildman–Crippen LogP) is 6.52. The van der Waals surface area contributed by atoms with Gasteiger partial charge in [-0.05, 0) is 88.9 Å². The Hall–Kier alpha value is -3.04. The summed E-state index contributed by atoms with van der Waals surface area (Å²) in [6.07, 6.45) is 4.26. The monoisotopic (exact) mass is 642 g/mol. The van der Waals surface area contributed by atoms with Crippen LogP contribution in [0.15, 0.2) is 47.3 Å². The molecule has 238 valence electrons. The van der Waals surface area contributed by atoms with Gasteiger partial charge in [-0.2, -0.15) is 0 Å². The van der Waals surface area contributed by atoms with Crippen molar-refractivity contribution in [3.8, 4) is 5.75 Å². The SMILES string of the molecule is CCN(c1cc(Cl)cc(C(=O)NCc2c(Cl)[nH]c(C)cc2=O)c1C)[C@H]1CC[C@H](N(C)Cc2cccc(OCCOC)c2)CC1. The number of carbonyl (C=O) groups excluding carboxylic acids is 1. The molecule has 1 aliphatic rings. The fourth-order valence-corrected chi connectivity index (χ4v) is 6.65. The Balaban J connectivity index is 1.40. The molecule has 1 amide bonds. The molecule has 2 N–H and O–H groups in total. The minimum atomic E-state index is -0.295. The van der Waals surface area contributed by atoms with Gasteiger partial charge in [-0.25, -0.2) is 0 Å². The quantitative estimate of drug-likeness (QED) is 0.163. The lowest BCUT2D eigenvalue weighted by atomic mass is 9.88. The Morgan fingerprint density at radius 3 is 2.45 bits per heavy atom. The summed E-state index contributed by atoms with van der Waals surface area (Å²) in [5, 5.41) is 3.60. The van der Waals surface area contributed by atoms with Crippen molar-refractivity contribution in [2.45, 2.75) is 71.6 Å². The molecule has 1 saturated carbocycles. The number of anilines is 1. The molecule has 8 nitrogen and oxygen atoms in total. The van der Waals surface area contributed by atoms with Gasteiger partial charge in [0.1, 0.15) is 17.5 Å². The summed E-state index contributed by atoms with van der Waals surface area (Å²) in [5.74, 6) is 0.574. The zero-order valence-corrected chi connectivity index (χ0v) is 27.9. The minimum absolute atomic E-state index is 0.0225. The number of benzene rings is 2. The molecule has 0 unspecified atom stereocenters. The molecule has 0 bridgehead atoms. The van der Waals surface area contributed by atoms with E-state index in [-0.39, 0.29) is 23.0 Å². The highest BCUT2D eigenvalue weighted by Crippen LogP contribution is 2.34. The van der Waals surface area contributed by atoms with Gasteiger partial charge in [0.2, 0.25) is 0 Å². The number of aryl methyl sites for hydroxylation is 1. The lowest BCUT2D eigenvalue weighted by Crippen LogP contribution is -2.43. The second-order valence-electron chi connectivity index (χ2n) is 11.5. The van der Waals surface area contributed by atoms with E-state index >= 15 is 0 Å². The number of amides is 1. The van der Waals surface area contributed by atoms with Gasteiger partial charge in [0.15, 0.2) is 5.43 Å². The van der Waals surface area contributed by atoms with Crippen LogP contribution < -0.4 is 20.4 Å². The number of aromatic amines is 1. The van der Waals surface area contributed by atoms with Crippen LogP contribution in [0.1, 0.15) is 65.3 Å². The second kappa shape index (κ2) is 15.8. The molecule has 44 heavy (non-hydrogen) atoms. The number of carbonyl (C=O) groups is 1. The third kappa shape index (κ3) is 8.57. The zero-order chi connectivity index (χ0) is 31.8. The number of methoxy groups -OCH3 is 1. The molecule has 0 radical (unpaired) electrons. The Morgan fingerprint density at radius 2 is 1.77 bits per heavy atom. The summed E-state index contributed by atoms with van der Waals surface area (Å²) in [4.78, 5) is 33.5. The smallest absolute Gasteiger partial charge is 0.251 e. The number of pyridine rings is 1. The number of nitrogens with one attached hydrogen (secondary N) is 2. The topological polar surface area (TPSA) is 86.9 Å². The molecule has 0 atom stereocenters. The maximum atomic E-state index is 13.3. The standard InChI is InChI=1S/C34H44Cl2N4O4/c1-6-40(27-12-10-26(11-13-27)39(4)21-24-8-7-9-28(17-24)44-15-14-43-5)31-19-25(35)18-29(23(31)3)34(42)37-20-30-32(41)16-22(2)38-33(30)36/h7-9,16-19,26-27H,6,10-15,20-21H2,1-5H3,(H,37,42)(H,38,41)/t26-,27-. The van der Waals surface area contributed by atoms with Gasteiger partial charge in [-0.1, -0.05) is 35.3 Å². The van der Waals surface area contributed by atoms with E-state index in [1.54, 1.807) is 20.1 Å². The van der Waals surface area contributed by atoms with E-state index in [4.69, 9.17) is 32.7 Å². The van der Waals surface area contributed by atoms with E-state index in [9.17, 15) is 9.59 Å². The molecule has 0 saturated heterocycles. The lowest BCUT2D eigenvalue weighted by Gasteiger charge is -2.41. The number of halogens is 2. The molecule has 1 heterocycles. The average molecular weight is 644 g/mol. The molecule has 4 rings (SSSR count). The molecule has 1 fully saturated rings. The van der Waals surface area contributed by atoms with Crippen molar-refractivity contribution in [2.75, 3.05) is 38.8 Å². The van der Waals surface area contributed by atoms with Gasteiger partial charge in [0.05, 0.1) is 12.2 Å². The Bertz CT molecular complexity index is 1490. The maximum absolute atomic E-state index is 13.3. The predicted molar refractivity (Wildman–Crippen MR) is 179 cm³/mol. The van der Waals surface area contributed by atoms with Crippen molar-refractivity contribution in [3.63, 3.8) is 0 Å². The van der Waals surface area contributed by atoms with E-state index in [0.717, 1.165) is 55.8 Å². The third-order valence-electron chi connectivity index (χ3n) is 8.50. The molecular formula is C34H44Cl2N4O4. The molecule has 0 aliphatic heterocycles. The normalized spacial score (nSPS) is 16.6. The van der Waals surface area contributed by atoms with Crippen LogP contribution in [0.2, 0.25) is 10.2 Å². The maximum Gasteiger partial charge on any atom is 0.251 e. The summed E-state index contributed by atoms with van der Waals surface area (Å²) < 4.78 is 10.9. The first-order valence-corrected chi connectivity index (χ1v) is 16.0. The molecule has 1 aliphatic carbocycles. The van der Waals surface area contributed by atoms with Gasteiger partial charge in [-0.15, -0.1) is 0 Å². The Kier molecular flexibility index (Phi) is 12.2. The van der Waals surface area contributed by atoms with Crippen molar-refractivity contribution >= 4 is 34.8 Å². The fraction of sp³-hybridized carbons (Fsp3) is 0.471. The highest BCUT2D eigenvalue weighted by atomic mass is 35.5. The van der Waals surface area contributed by atoms with E-state index < -0.39 is 0 Å². The molecule has 0 spiro atoms. The number of aromatic nitrogens is 1. The van der Waals surface area contributed by atoms with Crippen LogP contribution in [0.5, 0.6) is 5.75 Å². The van der Waals surface area contributed by atoms with E-state index in [1.807, 2.05) is 25.1 Å². The average Bonchev–Trinajstić information content (AvgIpc) is 2.99. The van der Waals surface area contributed by atoms with Gasteiger partial charge in [-0.3, -0.25) is 14.5 Å².